The standard InChI is InChI=1S/C27H39N3O4S/c1-7-25(27(32)28-8-2)29(19-23-13-11-20(3)12-14-23)26(31)10-9-15-30(35(6,33)34)24-17-21(4)16-22(5)18-24/h11-14,16-18,25H,7-10,15,19H2,1-6H3,(H,28,32). The van der Waals surface area contributed by atoms with Crippen LogP contribution in [-0.4, -0.2) is 50.5 Å². The molecule has 0 aromatic heterocycles. The summed E-state index contributed by atoms with van der Waals surface area (Å²) in [5.74, 6) is -0.346. The Morgan fingerprint density at radius 1 is 0.943 bits per heavy atom. The van der Waals surface area contributed by atoms with E-state index in [1.807, 2.05) is 77.1 Å². The van der Waals surface area contributed by atoms with Gasteiger partial charge >= 0.3 is 0 Å². The molecule has 0 fully saturated rings. The number of anilines is 1. The number of carbonyl (C=O) groups is 2. The van der Waals surface area contributed by atoms with Gasteiger partial charge in [-0.3, -0.25) is 13.9 Å². The second kappa shape index (κ2) is 12.7. The van der Waals surface area contributed by atoms with Crippen LogP contribution in [0.3, 0.4) is 0 Å². The summed E-state index contributed by atoms with van der Waals surface area (Å²) in [5, 5.41) is 2.83. The number of benzene rings is 2. The summed E-state index contributed by atoms with van der Waals surface area (Å²) < 4.78 is 26.4. The van der Waals surface area contributed by atoms with Crippen LogP contribution in [0.25, 0.3) is 0 Å². The third kappa shape index (κ3) is 8.38. The summed E-state index contributed by atoms with van der Waals surface area (Å²) in [6.07, 6.45) is 2.15. The van der Waals surface area contributed by atoms with Gasteiger partial charge in [-0.25, -0.2) is 8.42 Å². The van der Waals surface area contributed by atoms with E-state index in [4.69, 9.17) is 0 Å². The topological polar surface area (TPSA) is 86.8 Å². The minimum atomic E-state index is -3.52. The number of aryl methyl sites for hydroxylation is 3. The molecule has 1 atom stereocenters. The first-order valence-corrected chi connectivity index (χ1v) is 14.0. The maximum atomic E-state index is 13.4. The predicted molar refractivity (Wildman–Crippen MR) is 142 cm³/mol. The second-order valence-corrected chi connectivity index (χ2v) is 11.0. The summed E-state index contributed by atoms with van der Waals surface area (Å²) in [7, 11) is -3.52. The second-order valence-electron chi connectivity index (χ2n) is 9.11. The van der Waals surface area contributed by atoms with Crippen LogP contribution in [0, 0.1) is 20.8 Å². The van der Waals surface area contributed by atoms with Crippen LogP contribution in [0.5, 0.6) is 0 Å². The van der Waals surface area contributed by atoms with Crippen LogP contribution in [0.1, 0.15) is 55.4 Å². The Morgan fingerprint density at radius 3 is 2.06 bits per heavy atom. The normalized spacial score (nSPS) is 12.2. The van der Waals surface area contributed by atoms with Crippen molar-refractivity contribution in [3.63, 3.8) is 0 Å². The molecule has 0 aliphatic carbocycles. The van der Waals surface area contributed by atoms with Gasteiger partial charge in [-0.05, 0) is 69.4 Å². The number of nitrogens with zero attached hydrogens (tertiary/aromatic N) is 2. The van der Waals surface area contributed by atoms with Crippen LogP contribution in [-0.2, 0) is 26.2 Å². The molecule has 2 rings (SSSR count). The van der Waals surface area contributed by atoms with Crippen LogP contribution in [0.2, 0.25) is 0 Å². The molecule has 8 heteroatoms. The fourth-order valence-corrected chi connectivity index (χ4v) is 5.15. The highest BCUT2D eigenvalue weighted by Crippen LogP contribution is 2.22. The van der Waals surface area contributed by atoms with Crippen molar-refractivity contribution in [2.75, 3.05) is 23.7 Å². The summed E-state index contributed by atoms with van der Waals surface area (Å²) in [6, 6.07) is 13.0. The van der Waals surface area contributed by atoms with Gasteiger partial charge in [0.15, 0.2) is 0 Å². The quantitative estimate of drug-likeness (QED) is 0.474. The van der Waals surface area contributed by atoms with Crippen molar-refractivity contribution in [1.29, 1.82) is 0 Å². The van der Waals surface area contributed by atoms with Gasteiger partial charge in [0.1, 0.15) is 6.04 Å². The zero-order valence-corrected chi connectivity index (χ0v) is 22.6. The number of amides is 2. The van der Waals surface area contributed by atoms with E-state index in [-0.39, 0.29) is 24.8 Å². The van der Waals surface area contributed by atoms with E-state index in [2.05, 4.69) is 5.32 Å². The van der Waals surface area contributed by atoms with Crippen molar-refractivity contribution in [3.05, 3.63) is 64.7 Å². The van der Waals surface area contributed by atoms with Crippen LogP contribution >= 0.6 is 0 Å². The molecule has 192 valence electrons. The molecule has 1 N–H and O–H groups in total. The van der Waals surface area contributed by atoms with Crippen molar-refractivity contribution in [2.24, 2.45) is 0 Å². The molecule has 2 aromatic carbocycles. The first kappa shape index (κ1) is 28.4. The fraction of sp³-hybridized carbons (Fsp3) is 0.481. The molecule has 0 saturated carbocycles. The minimum absolute atomic E-state index is 0.137. The monoisotopic (exact) mass is 501 g/mol. The highest BCUT2D eigenvalue weighted by molar-refractivity contribution is 7.92. The van der Waals surface area contributed by atoms with Gasteiger partial charge in [-0.15, -0.1) is 0 Å². The van der Waals surface area contributed by atoms with E-state index in [1.165, 1.54) is 10.6 Å². The molecule has 7 nitrogen and oxygen atoms in total. The number of sulfonamides is 1. The average molecular weight is 502 g/mol. The number of hydrogen-bond acceptors (Lipinski definition) is 4. The van der Waals surface area contributed by atoms with Crippen molar-refractivity contribution in [3.8, 4) is 0 Å². The molecular formula is C27H39N3O4S. The lowest BCUT2D eigenvalue weighted by Gasteiger charge is -2.31. The van der Waals surface area contributed by atoms with Crippen molar-refractivity contribution in [2.45, 2.75) is 66.5 Å². The molecule has 1 unspecified atom stereocenters. The lowest BCUT2D eigenvalue weighted by Crippen LogP contribution is -2.49. The molecule has 0 aliphatic rings. The third-order valence-electron chi connectivity index (χ3n) is 5.86. The number of carbonyl (C=O) groups excluding carboxylic acids is 2. The number of hydrogen-bond donors (Lipinski definition) is 1. The minimum Gasteiger partial charge on any atom is -0.355 e. The van der Waals surface area contributed by atoms with Crippen molar-refractivity contribution >= 4 is 27.5 Å². The number of nitrogens with one attached hydrogen (secondary N) is 1. The van der Waals surface area contributed by atoms with Crippen molar-refractivity contribution in [1.82, 2.24) is 10.2 Å². The molecule has 0 aliphatic heterocycles. The summed E-state index contributed by atoms with van der Waals surface area (Å²) in [6.45, 7) is 10.6. The van der Waals surface area contributed by atoms with E-state index < -0.39 is 16.1 Å². The Labute approximate surface area is 210 Å². The lowest BCUT2D eigenvalue weighted by atomic mass is 10.1. The first-order chi connectivity index (χ1) is 16.5. The summed E-state index contributed by atoms with van der Waals surface area (Å²) in [5.41, 5.74) is 4.61. The molecule has 0 bridgehead atoms. The Morgan fingerprint density at radius 2 is 1.54 bits per heavy atom. The predicted octanol–water partition coefficient (Wildman–Crippen LogP) is 4.10. The van der Waals surface area contributed by atoms with Gasteiger partial charge < -0.3 is 10.2 Å². The van der Waals surface area contributed by atoms with Gasteiger partial charge in [0.05, 0.1) is 11.9 Å². The highest BCUT2D eigenvalue weighted by Gasteiger charge is 2.28. The average Bonchev–Trinajstić information content (AvgIpc) is 2.76. The van der Waals surface area contributed by atoms with Gasteiger partial charge in [0, 0.05) is 26.1 Å². The Hall–Kier alpha value is -2.87. The van der Waals surface area contributed by atoms with Crippen LogP contribution in [0.4, 0.5) is 5.69 Å². The molecule has 0 saturated heterocycles. The summed E-state index contributed by atoms with van der Waals surface area (Å²) >= 11 is 0. The molecule has 0 heterocycles. The summed E-state index contributed by atoms with van der Waals surface area (Å²) in [4.78, 5) is 27.7. The Kier molecular flexibility index (Phi) is 10.3. The van der Waals surface area contributed by atoms with Crippen molar-refractivity contribution < 1.29 is 18.0 Å². The molecular weight excluding hydrogens is 462 g/mol. The van der Waals surface area contributed by atoms with Crippen LogP contribution < -0.4 is 9.62 Å². The lowest BCUT2D eigenvalue weighted by molar-refractivity contribution is -0.141. The smallest absolute Gasteiger partial charge is 0.242 e. The number of likely N-dealkylation sites (N-methyl/N-ethyl adjacent to an activating group) is 1. The van der Waals surface area contributed by atoms with E-state index >= 15 is 0 Å². The molecule has 2 aromatic rings. The van der Waals surface area contributed by atoms with E-state index in [0.717, 1.165) is 22.3 Å². The Bertz CT molecular complexity index is 1090. The van der Waals surface area contributed by atoms with Gasteiger partial charge in [0.2, 0.25) is 21.8 Å². The van der Waals surface area contributed by atoms with E-state index in [1.54, 1.807) is 4.90 Å². The van der Waals surface area contributed by atoms with E-state index in [9.17, 15) is 18.0 Å². The molecule has 2 amide bonds. The maximum Gasteiger partial charge on any atom is 0.242 e. The molecule has 35 heavy (non-hydrogen) atoms. The largest absolute Gasteiger partial charge is 0.355 e. The SMILES string of the molecule is CCNC(=O)C(CC)N(Cc1ccc(C)cc1)C(=O)CCCN(c1cc(C)cc(C)c1)S(C)(=O)=O. The zero-order valence-electron chi connectivity index (χ0n) is 21.8. The van der Waals surface area contributed by atoms with Gasteiger partial charge in [-0.2, -0.15) is 0 Å². The highest BCUT2D eigenvalue weighted by atomic mass is 32.2. The van der Waals surface area contributed by atoms with E-state index in [0.29, 0.717) is 31.6 Å². The maximum absolute atomic E-state index is 13.4. The third-order valence-corrected chi connectivity index (χ3v) is 7.05. The molecule has 0 radical (unpaired) electrons. The first-order valence-electron chi connectivity index (χ1n) is 12.1. The Balaban J connectivity index is 2.22. The van der Waals surface area contributed by atoms with Gasteiger partial charge in [-0.1, -0.05) is 42.8 Å². The molecule has 0 spiro atoms. The van der Waals surface area contributed by atoms with Crippen LogP contribution in [0.15, 0.2) is 42.5 Å². The fourth-order valence-electron chi connectivity index (χ4n) is 4.20. The number of rotatable bonds is 12. The van der Waals surface area contributed by atoms with Gasteiger partial charge in [0.25, 0.3) is 0 Å². The zero-order chi connectivity index (χ0) is 26.2.